The normalized spacial score (nSPS) is 19.6. The molecule has 7 nitrogen and oxygen atoms in total. The van der Waals surface area contributed by atoms with Crippen LogP contribution in [0.2, 0.25) is 0 Å². The van der Waals surface area contributed by atoms with Crippen LogP contribution in [0.15, 0.2) is 34.3 Å². The molecule has 136 valence electrons. The Kier molecular flexibility index (Phi) is 5.10. The molecule has 1 aromatic rings. The van der Waals surface area contributed by atoms with Gasteiger partial charge in [-0.25, -0.2) is 8.42 Å². The summed E-state index contributed by atoms with van der Waals surface area (Å²) in [5.41, 5.74) is 0.529. The van der Waals surface area contributed by atoms with Crippen molar-refractivity contribution in [2.45, 2.75) is 25.2 Å². The molecule has 3 rings (SSSR count). The van der Waals surface area contributed by atoms with E-state index in [1.165, 1.54) is 11.0 Å². The lowest BCUT2D eigenvalue weighted by Crippen LogP contribution is -2.48. The van der Waals surface area contributed by atoms with Crippen LogP contribution in [-0.4, -0.2) is 57.1 Å². The van der Waals surface area contributed by atoms with Gasteiger partial charge in [0.25, 0.3) is 5.91 Å². The Labute approximate surface area is 148 Å². The van der Waals surface area contributed by atoms with E-state index in [9.17, 15) is 13.2 Å². The second-order valence-corrected chi connectivity index (χ2v) is 8.42. The molecule has 1 saturated heterocycles. The summed E-state index contributed by atoms with van der Waals surface area (Å²) >= 11 is 0. The van der Waals surface area contributed by atoms with Crippen LogP contribution in [0.25, 0.3) is 0 Å². The number of anilines is 1. The number of ether oxygens (including phenoxy) is 1. The number of nitrogens with zero attached hydrogens (tertiary/aromatic N) is 3. The van der Waals surface area contributed by atoms with Gasteiger partial charge in [-0.1, -0.05) is 26.0 Å². The van der Waals surface area contributed by atoms with Gasteiger partial charge in [0.2, 0.25) is 14.9 Å². The zero-order valence-electron chi connectivity index (χ0n) is 14.5. The predicted molar refractivity (Wildman–Crippen MR) is 95.3 cm³/mol. The molecule has 0 N–H and O–H groups in total. The Morgan fingerprint density at radius 1 is 1.24 bits per heavy atom. The highest BCUT2D eigenvalue weighted by atomic mass is 32.2. The first-order valence-corrected chi connectivity index (χ1v) is 9.97. The van der Waals surface area contributed by atoms with Gasteiger partial charge >= 0.3 is 0 Å². The third-order valence-corrected chi connectivity index (χ3v) is 5.99. The first-order valence-electron chi connectivity index (χ1n) is 8.48. The summed E-state index contributed by atoms with van der Waals surface area (Å²) in [5.74, 6) is -0.105. The second-order valence-electron chi connectivity index (χ2n) is 6.59. The van der Waals surface area contributed by atoms with Crippen molar-refractivity contribution in [3.8, 4) is 0 Å². The van der Waals surface area contributed by atoms with Crippen molar-refractivity contribution < 1.29 is 17.9 Å². The molecule has 2 aliphatic heterocycles. The molecule has 0 aliphatic carbocycles. The molecule has 0 unspecified atom stereocenters. The summed E-state index contributed by atoms with van der Waals surface area (Å²) in [6, 6.07) is 6.71. The number of hydrogen-bond donors (Lipinski definition) is 0. The summed E-state index contributed by atoms with van der Waals surface area (Å²) in [7, 11) is -3.93. The van der Waals surface area contributed by atoms with Crippen LogP contribution >= 0.6 is 0 Å². The quantitative estimate of drug-likeness (QED) is 0.808. The first kappa shape index (κ1) is 17.9. The number of carbonyl (C=O) groups excluding carboxylic acids is 1. The molecule has 0 radical (unpaired) electrons. The summed E-state index contributed by atoms with van der Waals surface area (Å²) in [4.78, 5) is 14.4. The van der Waals surface area contributed by atoms with E-state index in [4.69, 9.17) is 4.74 Å². The average Bonchev–Trinajstić information content (AvgIpc) is 2.61. The minimum absolute atomic E-state index is 0.144. The Morgan fingerprint density at radius 3 is 2.60 bits per heavy atom. The summed E-state index contributed by atoms with van der Waals surface area (Å²) < 4.78 is 31.1. The zero-order chi connectivity index (χ0) is 18.0. The van der Waals surface area contributed by atoms with E-state index < -0.39 is 20.8 Å². The smallest absolute Gasteiger partial charge is 0.286 e. The van der Waals surface area contributed by atoms with Crippen LogP contribution < -0.4 is 5.01 Å². The minimum atomic E-state index is -3.93. The van der Waals surface area contributed by atoms with E-state index in [0.717, 1.165) is 6.42 Å². The fourth-order valence-electron chi connectivity index (χ4n) is 2.83. The first-order chi connectivity index (χ1) is 11.9. The number of hydrogen-bond acceptors (Lipinski definition) is 6. The molecule has 0 atom stereocenters. The lowest BCUT2D eigenvalue weighted by molar-refractivity contribution is -0.127. The topological polar surface area (TPSA) is 79.3 Å². The molecule has 2 heterocycles. The summed E-state index contributed by atoms with van der Waals surface area (Å²) in [6.07, 6.45) is 0.844. The molecule has 0 aromatic heterocycles. The van der Waals surface area contributed by atoms with Crippen molar-refractivity contribution in [1.82, 2.24) is 4.90 Å². The highest BCUT2D eigenvalue weighted by Gasteiger charge is 2.39. The molecule has 25 heavy (non-hydrogen) atoms. The maximum atomic E-state index is 12.9. The van der Waals surface area contributed by atoms with Crippen LogP contribution in [0, 0.1) is 5.92 Å². The molecule has 0 bridgehead atoms. The Morgan fingerprint density at radius 2 is 1.92 bits per heavy atom. The number of hydrazone groups is 1. The molecule has 8 heteroatoms. The number of benzene rings is 1. The van der Waals surface area contributed by atoms with Gasteiger partial charge in [-0.2, -0.15) is 5.10 Å². The Hall–Kier alpha value is -1.93. The number of morpholine rings is 1. The molecular formula is C17H23N3O4S. The van der Waals surface area contributed by atoms with Crippen molar-refractivity contribution in [3.63, 3.8) is 0 Å². The highest BCUT2D eigenvalue weighted by Crippen LogP contribution is 2.32. The average molecular weight is 365 g/mol. The summed E-state index contributed by atoms with van der Waals surface area (Å²) in [6.45, 7) is 6.32. The summed E-state index contributed by atoms with van der Waals surface area (Å²) in [5, 5.41) is 5.50. The van der Waals surface area contributed by atoms with Gasteiger partial charge in [-0.15, -0.1) is 0 Å². The van der Waals surface area contributed by atoms with Crippen molar-refractivity contribution in [2.75, 3.05) is 37.9 Å². The number of amides is 1. The Bertz CT molecular complexity index is 783. The number of rotatable bonds is 4. The minimum Gasteiger partial charge on any atom is -0.378 e. The van der Waals surface area contributed by atoms with Crippen LogP contribution in [-0.2, 0) is 19.4 Å². The van der Waals surface area contributed by atoms with Crippen molar-refractivity contribution in [2.24, 2.45) is 11.0 Å². The molecular weight excluding hydrogens is 342 g/mol. The van der Waals surface area contributed by atoms with Crippen LogP contribution in [0.4, 0.5) is 5.69 Å². The molecule has 0 saturated carbocycles. The van der Waals surface area contributed by atoms with E-state index in [2.05, 4.69) is 18.9 Å². The van der Waals surface area contributed by atoms with Crippen LogP contribution in [0.5, 0.6) is 0 Å². The maximum Gasteiger partial charge on any atom is 0.286 e. The number of para-hydroxylation sites is 1. The van der Waals surface area contributed by atoms with Gasteiger partial charge in [0.05, 0.1) is 23.8 Å². The maximum absolute atomic E-state index is 12.9. The van der Waals surface area contributed by atoms with E-state index in [1.807, 2.05) is 0 Å². The van der Waals surface area contributed by atoms with Crippen LogP contribution in [0.3, 0.4) is 0 Å². The molecule has 1 fully saturated rings. The SMILES string of the molecule is CC(C)CCN1N=C(C(=O)N2CCOCC2)S(=O)(=O)c2ccccc21. The third-order valence-electron chi connectivity index (χ3n) is 4.30. The van der Waals surface area contributed by atoms with Crippen LogP contribution in [0.1, 0.15) is 20.3 Å². The van der Waals surface area contributed by atoms with Gasteiger partial charge in [-0.3, -0.25) is 9.80 Å². The molecule has 0 spiro atoms. The standard InChI is InChI=1S/C17H23N3O4S/c1-13(2)7-8-20-14-5-3-4-6-15(14)25(22,23)16(18-20)17(21)19-9-11-24-12-10-19/h3-6,13H,7-12H2,1-2H3. The lowest BCUT2D eigenvalue weighted by Gasteiger charge is -2.31. The molecule has 1 amide bonds. The number of fused-ring (bicyclic) bond motifs is 1. The number of carbonyl (C=O) groups is 1. The van der Waals surface area contributed by atoms with Gasteiger partial charge in [0.15, 0.2) is 0 Å². The van der Waals surface area contributed by atoms with E-state index >= 15 is 0 Å². The van der Waals surface area contributed by atoms with Crippen molar-refractivity contribution in [3.05, 3.63) is 24.3 Å². The van der Waals surface area contributed by atoms with Gasteiger partial charge < -0.3 is 9.64 Å². The van der Waals surface area contributed by atoms with Gasteiger partial charge in [-0.05, 0) is 24.5 Å². The fourth-order valence-corrected chi connectivity index (χ4v) is 4.31. The predicted octanol–water partition coefficient (Wildman–Crippen LogP) is 1.50. The second kappa shape index (κ2) is 7.13. The monoisotopic (exact) mass is 365 g/mol. The highest BCUT2D eigenvalue weighted by molar-refractivity contribution is 8.08. The fraction of sp³-hybridized carbons (Fsp3) is 0.529. The largest absolute Gasteiger partial charge is 0.378 e. The van der Waals surface area contributed by atoms with Gasteiger partial charge in [0.1, 0.15) is 0 Å². The van der Waals surface area contributed by atoms with E-state index in [0.29, 0.717) is 44.5 Å². The molecule has 2 aliphatic rings. The third kappa shape index (κ3) is 3.55. The zero-order valence-corrected chi connectivity index (χ0v) is 15.3. The van der Waals surface area contributed by atoms with Crippen molar-refractivity contribution >= 4 is 26.5 Å². The van der Waals surface area contributed by atoms with Gasteiger partial charge in [0, 0.05) is 19.6 Å². The van der Waals surface area contributed by atoms with E-state index in [-0.39, 0.29) is 4.90 Å². The van der Waals surface area contributed by atoms with Crippen molar-refractivity contribution in [1.29, 1.82) is 0 Å². The number of sulfone groups is 1. The molecule has 1 aromatic carbocycles. The van der Waals surface area contributed by atoms with E-state index in [1.54, 1.807) is 23.2 Å². The lowest BCUT2D eigenvalue weighted by atomic mass is 10.1. The Balaban J connectivity index is 1.99.